The summed E-state index contributed by atoms with van der Waals surface area (Å²) in [4.78, 5) is 27.3. The first kappa shape index (κ1) is 16.3. The molecule has 0 aromatic carbocycles. The SMILES string of the molecule is CCC1CCCCN1C(=O)C1(C(=O)NCCC(C)C)CC1. The highest BCUT2D eigenvalue weighted by Gasteiger charge is 2.58. The molecule has 0 bridgehead atoms. The summed E-state index contributed by atoms with van der Waals surface area (Å²) in [5.41, 5.74) is -0.720. The largest absolute Gasteiger partial charge is 0.355 e. The van der Waals surface area contributed by atoms with Crippen molar-refractivity contribution in [2.24, 2.45) is 11.3 Å². The zero-order valence-electron chi connectivity index (χ0n) is 13.8. The van der Waals surface area contributed by atoms with Gasteiger partial charge in [-0.2, -0.15) is 0 Å². The van der Waals surface area contributed by atoms with Crippen molar-refractivity contribution in [1.82, 2.24) is 10.2 Å². The molecule has 2 amide bonds. The van der Waals surface area contributed by atoms with E-state index in [1.165, 1.54) is 6.42 Å². The van der Waals surface area contributed by atoms with Crippen LogP contribution in [-0.4, -0.2) is 35.8 Å². The molecule has 120 valence electrons. The zero-order chi connectivity index (χ0) is 15.5. The van der Waals surface area contributed by atoms with Gasteiger partial charge in [-0.05, 0) is 50.9 Å². The van der Waals surface area contributed by atoms with Crippen molar-refractivity contribution in [3.05, 3.63) is 0 Å². The Balaban J connectivity index is 1.95. The van der Waals surface area contributed by atoms with Crippen molar-refractivity contribution >= 4 is 11.8 Å². The van der Waals surface area contributed by atoms with Crippen LogP contribution in [0.2, 0.25) is 0 Å². The molecule has 0 radical (unpaired) electrons. The van der Waals surface area contributed by atoms with E-state index in [2.05, 4.69) is 26.1 Å². The zero-order valence-corrected chi connectivity index (χ0v) is 13.8. The van der Waals surface area contributed by atoms with E-state index < -0.39 is 5.41 Å². The van der Waals surface area contributed by atoms with E-state index >= 15 is 0 Å². The quantitative estimate of drug-likeness (QED) is 0.766. The molecule has 1 saturated carbocycles. The molecule has 1 aliphatic heterocycles. The van der Waals surface area contributed by atoms with Crippen LogP contribution >= 0.6 is 0 Å². The molecule has 2 rings (SSSR count). The van der Waals surface area contributed by atoms with Gasteiger partial charge in [0.1, 0.15) is 5.41 Å². The minimum Gasteiger partial charge on any atom is -0.355 e. The Bertz CT molecular complexity index is 388. The van der Waals surface area contributed by atoms with Crippen LogP contribution in [0.5, 0.6) is 0 Å². The van der Waals surface area contributed by atoms with Gasteiger partial charge in [-0.25, -0.2) is 0 Å². The predicted octanol–water partition coefficient (Wildman–Crippen LogP) is 2.72. The number of likely N-dealkylation sites (tertiary alicyclic amines) is 1. The predicted molar refractivity (Wildman–Crippen MR) is 83.8 cm³/mol. The van der Waals surface area contributed by atoms with Crippen LogP contribution < -0.4 is 5.32 Å². The second-order valence-electron chi connectivity index (χ2n) is 7.08. The number of carbonyl (C=O) groups excluding carboxylic acids is 2. The van der Waals surface area contributed by atoms with E-state index in [4.69, 9.17) is 0 Å². The van der Waals surface area contributed by atoms with E-state index in [-0.39, 0.29) is 11.8 Å². The number of nitrogens with zero attached hydrogens (tertiary/aromatic N) is 1. The van der Waals surface area contributed by atoms with Crippen LogP contribution in [0, 0.1) is 11.3 Å². The first-order valence-electron chi connectivity index (χ1n) is 8.60. The number of hydrogen-bond acceptors (Lipinski definition) is 2. The maximum absolute atomic E-state index is 12.9. The molecule has 1 saturated heterocycles. The van der Waals surface area contributed by atoms with Crippen LogP contribution in [0.3, 0.4) is 0 Å². The Morgan fingerprint density at radius 1 is 1.29 bits per heavy atom. The summed E-state index contributed by atoms with van der Waals surface area (Å²) in [6.07, 6.45) is 6.79. The number of piperidine rings is 1. The fourth-order valence-corrected chi connectivity index (χ4v) is 3.27. The van der Waals surface area contributed by atoms with Gasteiger partial charge in [0.15, 0.2) is 0 Å². The first-order valence-corrected chi connectivity index (χ1v) is 8.60. The first-order chi connectivity index (χ1) is 10.0. The van der Waals surface area contributed by atoms with Gasteiger partial charge in [-0.3, -0.25) is 9.59 Å². The Morgan fingerprint density at radius 3 is 2.57 bits per heavy atom. The third-order valence-electron chi connectivity index (χ3n) is 4.96. The topological polar surface area (TPSA) is 49.4 Å². The number of rotatable bonds is 6. The van der Waals surface area contributed by atoms with Gasteiger partial charge >= 0.3 is 0 Å². The lowest BCUT2D eigenvalue weighted by Gasteiger charge is -2.37. The van der Waals surface area contributed by atoms with Gasteiger partial charge in [0.05, 0.1) is 0 Å². The van der Waals surface area contributed by atoms with Crippen LogP contribution in [0.15, 0.2) is 0 Å². The average molecular weight is 294 g/mol. The molecule has 4 heteroatoms. The lowest BCUT2D eigenvalue weighted by atomic mass is 9.95. The number of hydrogen-bond donors (Lipinski definition) is 1. The molecule has 1 N–H and O–H groups in total. The lowest BCUT2D eigenvalue weighted by Crippen LogP contribution is -2.51. The van der Waals surface area contributed by atoms with E-state index in [0.29, 0.717) is 18.5 Å². The van der Waals surface area contributed by atoms with Crippen LogP contribution in [0.4, 0.5) is 0 Å². The molecule has 0 aromatic heterocycles. The molecule has 4 nitrogen and oxygen atoms in total. The summed E-state index contributed by atoms with van der Waals surface area (Å²) in [7, 11) is 0. The maximum atomic E-state index is 12.9. The molecule has 1 atom stereocenters. The molecule has 21 heavy (non-hydrogen) atoms. The summed E-state index contributed by atoms with van der Waals surface area (Å²) in [5, 5.41) is 2.98. The van der Waals surface area contributed by atoms with Crippen LogP contribution in [-0.2, 0) is 9.59 Å². The second kappa shape index (κ2) is 6.80. The summed E-state index contributed by atoms with van der Waals surface area (Å²) < 4.78 is 0. The Morgan fingerprint density at radius 2 is 2.00 bits per heavy atom. The molecule has 0 spiro atoms. The van der Waals surface area contributed by atoms with Crippen molar-refractivity contribution in [2.75, 3.05) is 13.1 Å². The van der Waals surface area contributed by atoms with Crippen molar-refractivity contribution in [3.63, 3.8) is 0 Å². The molecule has 2 fully saturated rings. The van der Waals surface area contributed by atoms with Gasteiger partial charge in [-0.15, -0.1) is 0 Å². The van der Waals surface area contributed by atoms with Gasteiger partial charge in [0.25, 0.3) is 0 Å². The molecule has 1 aliphatic carbocycles. The van der Waals surface area contributed by atoms with E-state index in [1.807, 2.05) is 4.90 Å². The van der Waals surface area contributed by atoms with Crippen LogP contribution in [0.1, 0.15) is 65.7 Å². The highest BCUT2D eigenvalue weighted by atomic mass is 16.2. The molecule has 1 unspecified atom stereocenters. The average Bonchev–Trinajstić information content (AvgIpc) is 3.27. The van der Waals surface area contributed by atoms with E-state index in [1.54, 1.807) is 0 Å². The van der Waals surface area contributed by atoms with Gasteiger partial charge < -0.3 is 10.2 Å². The number of amides is 2. The van der Waals surface area contributed by atoms with Crippen molar-refractivity contribution in [3.8, 4) is 0 Å². The normalized spacial score (nSPS) is 24.0. The fourth-order valence-electron chi connectivity index (χ4n) is 3.27. The molecular weight excluding hydrogens is 264 g/mol. The van der Waals surface area contributed by atoms with Crippen molar-refractivity contribution in [1.29, 1.82) is 0 Å². The van der Waals surface area contributed by atoms with Crippen LogP contribution in [0.25, 0.3) is 0 Å². The second-order valence-corrected chi connectivity index (χ2v) is 7.08. The summed E-state index contributed by atoms with van der Waals surface area (Å²) in [5.74, 6) is 0.632. The van der Waals surface area contributed by atoms with E-state index in [0.717, 1.165) is 45.1 Å². The lowest BCUT2D eigenvalue weighted by molar-refractivity contribution is -0.147. The highest BCUT2D eigenvalue weighted by Crippen LogP contribution is 2.48. The number of nitrogens with one attached hydrogen (secondary N) is 1. The van der Waals surface area contributed by atoms with Gasteiger partial charge in [0, 0.05) is 19.1 Å². The van der Waals surface area contributed by atoms with Crippen molar-refractivity contribution < 1.29 is 9.59 Å². The number of carbonyl (C=O) groups is 2. The van der Waals surface area contributed by atoms with E-state index in [9.17, 15) is 9.59 Å². The monoisotopic (exact) mass is 294 g/mol. The minimum atomic E-state index is -0.720. The molecule has 0 aromatic rings. The summed E-state index contributed by atoms with van der Waals surface area (Å²) in [6, 6.07) is 0.340. The molecule has 2 aliphatic rings. The standard InChI is InChI=1S/C17H30N2O2/c1-4-14-7-5-6-12-19(14)16(21)17(9-10-17)15(20)18-11-8-13(2)3/h13-14H,4-12H2,1-3H3,(H,18,20). The Labute approximate surface area is 128 Å². The molecule has 1 heterocycles. The Kier molecular flexibility index (Phi) is 5.28. The molecular formula is C17H30N2O2. The van der Waals surface area contributed by atoms with Crippen molar-refractivity contribution in [2.45, 2.75) is 71.8 Å². The van der Waals surface area contributed by atoms with Gasteiger partial charge in [0.2, 0.25) is 11.8 Å². The highest BCUT2D eigenvalue weighted by molar-refractivity contribution is 6.08. The maximum Gasteiger partial charge on any atom is 0.238 e. The Hall–Kier alpha value is -1.06. The fraction of sp³-hybridized carbons (Fsp3) is 0.882. The third kappa shape index (κ3) is 3.58. The smallest absolute Gasteiger partial charge is 0.238 e. The third-order valence-corrected chi connectivity index (χ3v) is 4.96. The van der Waals surface area contributed by atoms with Gasteiger partial charge in [-0.1, -0.05) is 20.8 Å². The minimum absolute atomic E-state index is 0.0337. The summed E-state index contributed by atoms with van der Waals surface area (Å²) in [6.45, 7) is 7.94. The summed E-state index contributed by atoms with van der Waals surface area (Å²) >= 11 is 0.